The van der Waals surface area contributed by atoms with E-state index in [2.05, 4.69) is 16.5 Å². The third-order valence-corrected chi connectivity index (χ3v) is 13.4. The molecule has 0 unspecified atom stereocenters. The number of carbonyl (C=O) groups excluding carboxylic acids is 8. The van der Waals surface area contributed by atoms with Gasteiger partial charge in [-0.1, -0.05) is 24.8 Å². The van der Waals surface area contributed by atoms with Gasteiger partial charge in [-0.05, 0) is 98.2 Å². The van der Waals surface area contributed by atoms with Gasteiger partial charge in [0.05, 0.1) is 48.0 Å². The lowest BCUT2D eigenvalue weighted by molar-refractivity contribution is -0.157. The van der Waals surface area contributed by atoms with Crippen LogP contribution in [0, 0.1) is 19.8 Å². The number of aromatic amines is 2. The van der Waals surface area contributed by atoms with Gasteiger partial charge in [0, 0.05) is 66.2 Å². The lowest BCUT2D eigenvalue weighted by Crippen LogP contribution is -2.42. The predicted molar refractivity (Wildman–Crippen MR) is 239 cm³/mol. The Hall–Kier alpha value is -7.36. The molecule has 340 valence electrons. The molecule has 16 heteroatoms. The Labute approximate surface area is 378 Å². The van der Waals surface area contributed by atoms with Gasteiger partial charge in [-0.3, -0.25) is 38.5 Å². The molecule has 5 heterocycles. The van der Waals surface area contributed by atoms with E-state index in [4.69, 9.17) is 28.9 Å². The number of rotatable bonds is 11. The number of hydrogen-bond donors (Lipinski definition) is 2. The van der Waals surface area contributed by atoms with Crippen LogP contribution in [0.5, 0.6) is 0 Å². The Balaban J connectivity index is 1.36. The SMILES string of the molecule is C=CC1=C(C)c2cc3nc(cc4[nH]c(cc5[nH]c(cc1n2)c(C)c5CCC(=O)OC1C(=O)CCC1=O)c(CCC(=O)OC1C(=O)CCC1=O)c4C)[C@@]1(C)C3=CC=C(C(=O)OC)[C@H]1C(=O)OC. The number of fused-ring (bicyclic) bond motifs is 11. The summed E-state index contributed by atoms with van der Waals surface area (Å²) in [6, 6.07) is 7.32. The number of methoxy groups -OCH3 is 2. The molecule has 2 saturated carbocycles. The third-order valence-electron chi connectivity index (χ3n) is 13.4. The Morgan fingerprint density at radius 3 is 1.73 bits per heavy atom. The number of esters is 4. The highest BCUT2D eigenvalue weighted by atomic mass is 16.6. The summed E-state index contributed by atoms with van der Waals surface area (Å²) in [5.74, 6) is -5.76. The van der Waals surface area contributed by atoms with Gasteiger partial charge in [0.15, 0.2) is 23.1 Å². The minimum absolute atomic E-state index is 0.0136. The molecule has 0 saturated heterocycles. The van der Waals surface area contributed by atoms with Crippen LogP contribution < -0.4 is 0 Å². The van der Waals surface area contributed by atoms with Gasteiger partial charge in [-0.15, -0.1) is 0 Å². The van der Waals surface area contributed by atoms with Crippen LogP contribution in [-0.2, 0) is 75.6 Å². The molecule has 8 bridgehead atoms. The van der Waals surface area contributed by atoms with Crippen molar-refractivity contribution in [3.8, 4) is 0 Å². The minimum Gasteiger partial charge on any atom is -0.469 e. The van der Waals surface area contributed by atoms with Crippen LogP contribution in [0.4, 0.5) is 0 Å². The number of aromatic nitrogens is 4. The summed E-state index contributed by atoms with van der Waals surface area (Å²) in [5, 5.41) is 0. The quantitative estimate of drug-likeness (QED) is 0.131. The number of H-pyrrole nitrogens is 2. The van der Waals surface area contributed by atoms with Crippen LogP contribution in [0.25, 0.3) is 38.8 Å². The number of nitrogens with zero attached hydrogens (tertiary/aromatic N) is 2. The summed E-state index contributed by atoms with van der Waals surface area (Å²) in [6.45, 7) is 11.5. The number of hydrogen-bond acceptors (Lipinski definition) is 14. The number of nitrogens with one attached hydrogen (secondary N) is 2. The number of ether oxygens (including phenoxy) is 4. The van der Waals surface area contributed by atoms with Crippen LogP contribution in [0.2, 0.25) is 0 Å². The zero-order valence-corrected chi connectivity index (χ0v) is 37.4. The average Bonchev–Trinajstić information content (AvgIpc) is 4.09. The molecule has 16 nitrogen and oxygen atoms in total. The van der Waals surface area contributed by atoms with Gasteiger partial charge >= 0.3 is 23.9 Å². The largest absolute Gasteiger partial charge is 0.469 e. The zero-order valence-electron chi connectivity index (χ0n) is 37.4. The topological polar surface area (TPSA) is 231 Å². The highest BCUT2D eigenvalue weighted by Crippen LogP contribution is 2.52. The second-order valence-corrected chi connectivity index (χ2v) is 17.2. The smallest absolute Gasteiger partial charge is 0.334 e. The number of aryl methyl sites for hydroxylation is 4. The van der Waals surface area contributed by atoms with Crippen LogP contribution in [0.15, 0.2) is 54.6 Å². The van der Waals surface area contributed by atoms with E-state index in [0.29, 0.717) is 61.5 Å². The van der Waals surface area contributed by atoms with Gasteiger partial charge in [0.2, 0.25) is 12.2 Å². The molecular weight excluding hydrogens is 849 g/mol. The lowest BCUT2D eigenvalue weighted by Gasteiger charge is -2.36. The molecule has 3 aromatic rings. The molecule has 5 aliphatic rings. The van der Waals surface area contributed by atoms with Gasteiger partial charge in [0.1, 0.15) is 5.92 Å². The van der Waals surface area contributed by atoms with Crippen LogP contribution in [0.1, 0.15) is 97.4 Å². The summed E-state index contributed by atoms with van der Waals surface area (Å²) >= 11 is 0. The molecule has 0 spiro atoms. The Morgan fingerprint density at radius 2 is 1.23 bits per heavy atom. The van der Waals surface area contributed by atoms with Crippen LogP contribution >= 0.6 is 0 Å². The summed E-state index contributed by atoms with van der Waals surface area (Å²) in [7, 11) is 2.48. The van der Waals surface area contributed by atoms with E-state index in [-0.39, 0.29) is 56.9 Å². The maximum atomic E-state index is 13.9. The van der Waals surface area contributed by atoms with E-state index >= 15 is 0 Å². The summed E-state index contributed by atoms with van der Waals surface area (Å²) in [5.41, 5.74) is 8.17. The van der Waals surface area contributed by atoms with Crippen molar-refractivity contribution < 1.29 is 57.3 Å². The van der Waals surface area contributed by atoms with Gasteiger partial charge in [-0.25, -0.2) is 9.78 Å². The van der Waals surface area contributed by atoms with E-state index in [1.807, 2.05) is 45.9 Å². The molecule has 66 heavy (non-hydrogen) atoms. The molecule has 3 aliphatic carbocycles. The Morgan fingerprint density at radius 1 is 0.697 bits per heavy atom. The molecule has 0 amide bonds. The summed E-state index contributed by atoms with van der Waals surface area (Å²) < 4.78 is 21.2. The Bertz CT molecular complexity index is 2970. The second-order valence-electron chi connectivity index (χ2n) is 17.2. The van der Waals surface area contributed by atoms with Crippen LogP contribution in [-0.4, -0.2) is 93.4 Å². The van der Waals surface area contributed by atoms with E-state index in [1.54, 1.807) is 24.3 Å². The van der Waals surface area contributed by atoms with Crippen molar-refractivity contribution in [1.82, 2.24) is 19.9 Å². The lowest BCUT2D eigenvalue weighted by atomic mass is 9.64. The molecule has 2 fully saturated rings. The molecule has 0 aromatic carbocycles. The standard InChI is InChI=1S/C50H48N4O12/c1-8-26-23(2)32-20-37-30-12-9-29(48(61)63-6)45(49(62)64-7)50(30,5)42(54-37)22-33-25(4)28(11-18-44(60)66-47-40(57)15-16-41(47)58)36(53-33)21-35-27(24(3)31(52-35)19-34(26)51-32)10-17-43(59)65-46-38(55)13-14-39(46)56/h8-9,12,19-22,45-47,52-53H,1,10-11,13-18H2,2-7H3/t45-,50+/m0/s1. The molecule has 8 rings (SSSR count). The summed E-state index contributed by atoms with van der Waals surface area (Å²) in [6.07, 6.45) is 2.15. The van der Waals surface area contributed by atoms with Crippen molar-refractivity contribution in [1.29, 1.82) is 0 Å². The zero-order chi connectivity index (χ0) is 47.4. The van der Waals surface area contributed by atoms with Crippen LogP contribution in [0.3, 0.4) is 0 Å². The van der Waals surface area contributed by atoms with E-state index in [1.165, 1.54) is 14.2 Å². The fraction of sp³-hybridized carbons (Fsp3) is 0.360. The highest BCUT2D eigenvalue weighted by Gasteiger charge is 2.54. The molecule has 2 N–H and O–H groups in total. The number of Topliss-reactive ketones (excluding diaryl/α,β-unsaturated/α-hetero) is 4. The van der Waals surface area contributed by atoms with Gasteiger partial charge in [0.25, 0.3) is 0 Å². The van der Waals surface area contributed by atoms with Crippen molar-refractivity contribution in [3.63, 3.8) is 0 Å². The van der Waals surface area contributed by atoms with E-state index in [0.717, 1.165) is 22.3 Å². The number of ketones is 4. The van der Waals surface area contributed by atoms with Crippen molar-refractivity contribution in [2.24, 2.45) is 5.92 Å². The fourth-order valence-corrected chi connectivity index (χ4v) is 9.60. The molecule has 3 aromatic heterocycles. The highest BCUT2D eigenvalue weighted by molar-refractivity contribution is 6.13. The van der Waals surface area contributed by atoms with Gasteiger partial charge in [-0.2, -0.15) is 0 Å². The maximum Gasteiger partial charge on any atom is 0.334 e. The first-order valence-electron chi connectivity index (χ1n) is 21.6. The maximum absolute atomic E-state index is 13.9. The first-order valence-corrected chi connectivity index (χ1v) is 21.6. The first-order chi connectivity index (χ1) is 31.5. The fourth-order valence-electron chi connectivity index (χ4n) is 9.60. The van der Waals surface area contributed by atoms with Crippen molar-refractivity contribution in [2.75, 3.05) is 14.2 Å². The molecular formula is C50H48N4O12. The first kappa shape index (κ1) is 45.2. The monoisotopic (exact) mass is 896 g/mol. The van der Waals surface area contributed by atoms with Crippen molar-refractivity contribution in [2.45, 2.75) is 96.7 Å². The van der Waals surface area contributed by atoms with Gasteiger partial charge < -0.3 is 28.9 Å². The summed E-state index contributed by atoms with van der Waals surface area (Å²) in [4.78, 5) is 120. The van der Waals surface area contributed by atoms with E-state index in [9.17, 15) is 38.4 Å². The number of carbonyl (C=O) groups is 8. The normalized spacial score (nSPS) is 19.7. The molecule has 2 aliphatic heterocycles. The Kier molecular flexibility index (Phi) is 12.0. The minimum atomic E-state index is -1.43. The molecule has 2 atom stereocenters. The van der Waals surface area contributed by atoms with Crippen molar-refractivity contribution in [3.05, 3.63) is 99.7 Å². The molecule has 0 radical (unpaired) electrons. The third kappa shape index (κ3) is 7.83. The predicted octanol–water partition coefficient (Wildman–Crippen LogP) is 5.84. The average molecular weight is 897 g/mol. The van der Waals surface area contributed by atoms with E-state index < -0.39 is 70.6 Å². The van der Waals surface area contributed by atoms with Crippen molar-refractivity contribution >= 4 is 85.8 Å². The number of allylic oxidation sites excluding steroid dienone is 6. The second kappa shape index (κ2) is 17.6.